The van der Waals surface area contributed by atoms with Gasteiger partial charge in [-0.25, -0.2) is 9.59 Å². The highest BCUT2D eigenvalue weighted by Gasteiger charge is 2.16. The number of esters is 2. The maximum atomic E-state index is 11.1. The Morgan fingerprint density at radius 1 is 1.18 bits per heavy atom. The van der Waals surface area contributed by atoms with Gasteiger partial charge in [0, 0.05) is 0 Å². The zero-order valence-electron chi connectivity index (χ0n) is 10.9. The number of carbonyl (C=O) groups is 2. The lowest BCUT2D eigenvalue weighted by atomic mass is 10.1. The van der Waals surface area contributed by atoms with Gasteiger partial charge in [0.15, 0.2) is 0 Å². The summed E-state index contributed by atoms with van der Waals surface area (Å²) in [7, 11) is 0. The van der Waals surface area contributed by atoms with Gasteiger partial charge in [0.2, 0.25) is 0 Å². The molecule has 0 heterocycles. The third kappa shape index (κ3) is 8.48. The summed E-state index contributed by atoms with van der Waals surface area (Å²) in [5.41, 5.74) is 0. The van der Waals surface area contributed by atoms with Gasteiger partial charge in [-0.1, -0.05) is 32.4 Å². The number of unbranched alkanes of at least 4 members (excludes halogenated alkanes) is 1. The Hall–Kier alpha value is -1.32. The molecule has 17 heavy (non-hydrogen) atoms. The molecule has 0 N–H and O–H groups in total. The van der Waals surface area contributed by atoms with Gasteiger partial charge < -0.3 is 9.47 Å². The van der Waals surface area contributed by atoms with Crippen molar-refractivity contribution in [2.24, 2.45) is 5.92 Å². The van der Waals surface area contributed by atoms with Crippen LogP contribution in [0, 0.1) is 5.92 Å². The van der Waals surface area contributed by atoms with E-state index in [9.17, 15) is 9.59 Å². The third-order valence-corrected chi connectivity index (χ3v) is 2.17. The predicted molar refractivity (Wildman–Crippen MR) is 65.4 cm³/mol. The van der Waals surface area contributed by atoms with Crippen LogP contribution in [0.15, 0.2) is 12.2 Å². The van der Waals surface area contributed by atoms with Gasteiger partial charge in [-0.3, -0.25) is 0 Å². The zero-order valence-corrected chi connectivity index (χ0v) is 10.9. The fraction of sp³-hybridized carbons (Fsp3) is 0.692. The number of rotatable bonds is 7. The van der Waals surface area contributed by atoms with Crippen molar-refractivity contribution in [3.8, 4) is 0 Å². The number of hydrogen-bond donors (Lipinski definition) is 0. The van der Waals surface area contributed by atoms with E-state index in [1.807, 2.05) is 6.92 Å². The molecule has 4 nitrogen and oxygen atoms in total. The summed E-state index contributed by atoms with van der Waals surface area (Å²) in [6, 6.07) is 0. The molecule has 0 aliphatic heterocycles. The van der Waals surface area contributed by atoms with Gasteiger partial charge in [0.25, 0.3) is 0 Å². The second-order valence-electron chi connectivity index (χ2n) is 3.84. The lowest BCUT2D eigenvalue weighted by molar-refractivity contribution is -0.167. The van der Waals surface area contributed by atoms with Crippen LogP contribution in [0.4, 0.5) is 0 Å². The molecule has 0 aromatic rings. The summed E-state index contributed by atoms with van der Waals surface area (Å²) >= 11 is 0. The molecule has 0 aromatic heterocycles. The van der Waals surface area contributed by atoms with E-state index in [0.29, 0.717) is 12.3 Å². The normalized spacial score (nSPS) is 12.4. The monoisotopic (exact) mass is 242 g/mol. The first-order valence-electron chi connectivity index (χ1n) is 6.12. The molecule has 1 atom stereocenters. The molecule has 0 aliphatic rings. The summed E-state index contributed by atoms with van der Waals surface area (Å²) in [4.78, 5) is 22.0. The molecular formula is C13H22O4. The van der Waals surface area contributed by atoms with Crippen molar-refractivity contribution >= 4 is 11.9 Å². The fourth-order valence-electron chi connectivity index (χ4n) is 1.18. The second-order valence-corrected chi connectivity index (χ2v) is 3.84. The molecule has 0 bridgehead atoms. The van der Waals surface area contributed by atoms with Crippen LogP contribution < -0.4 is 0 Å². The number of hydrogen-bond acceptors (Lipinski definition) is 4. The molecule has 0 radical (unpaired) electrons. The van der Waals surface area contributed by atoms with E-state index < -0.39 is 11.9 Å². The third-order valence-electron chi connectivity index (χ3n) is 2.17. The molecule has 0 fully saturated rings. The lowest BCUT2D eigenvalue weighted by Crippen LogP contribution is -2.21. The molecule has 1 unspecified atom stereocenters. The number of ether oxygens (including phenoxy) is 2. The maximum Gasteiger partial charge on any atom is 0.417 e. The van der Waals surface area contributed by atoms with E-state index in [1.54, 1.807) is 6.92 Å². The largest absolute Gasteiger partial charge is 0.458 e. The summed E-state index contributed by atoms with van der Waals surface area (Å²) in [5, 5.41) is 0. The summed E-state index contributed by atoms with van der Waals surface area (Å²) in [5.74, 6) is -1.48. The minimum atomic E-state index is -0.915. The molecule has 0 saturated carbocycles. The van der Waals surface area contributed by atoms with Crippen LogP contribution in [-0.4, -0.2) is 25.2 Å². The first kappa shape index (κ1) is 15.7. The van der Waals surface area contributed by atoms with Crippen LogP contribution in [-0.2, 0) is 19.1 Å². The summed E-state index contributed by atoms with van der Waals surface area (Å²) < 4.78 is 9.30. The number of allylic oxidation sites excluding steroid dienone is 2. The van der Waals surface area contributed by atoms with E-state index in [0.717, 1.165) is 12.8 Å². The van der Waals surface area contributed by atoms with Gasteiger partial charge in [0.05, 0.1) is 13.2 Å². The van der Waals surface area contributed by atoms with Gasteiger partial charge in [-0.15, -0.1) is 0 Å². The average molecular weight is 242 g/mol. The van der Waals surface area contributed by atoms with Crippen LogP contribution >= 0.6 is 0 Å². The highest BCUT2D eigenvalue weighted by atomic mass is 16.6. The van der Waals surface area contributed by atoms with Crippen molar-refractivity contribution in [3.63, 3.8) is 0 Å². The zero-order chi connectivity index (χ0) is 13.1. The molecule has 0 saturated heterocycles. The Morgan fingerprint density at radius 2 is 1.82 bits per heavy atom. The quantitative estimate of drug-likeness (QED) is 0.391. The van der Waals surface area contributed by atoms with E-state index >= 15 is 0 Å². The van der Waals surface area contributed by atoms with Crippen LogP contribution in [0.3, 0.4) is 0 Å². The van der Waals surface area contributed by atoms with Gasteiger partial charge in [0.1, 0.15) is 0 Å². The van der Waals surface area contributed by atoms with Gasteiger partial charge in [-0.2, -0.15) is 0 Å². The molecule has 4 heteroatoms. The highest BCUT2D eigenvalue weighted by molar-refractivity contribution is 6.29. The first-order chi connectivity index (χ1) is 8.11. The van der Waals surface area contributed by atoms with Crippen LogP contribution in [0.5, 0.6) is 0 Å². The molecule has 0 aromatic carbocycles. The lowest BCUT2D eigenvalue weighted by Gasteiger charge is -2.07. The van der Waals surface area contributed by atoms with Crippen LogP contribution in [0.1, 0.15) is 40.0 Å². The molecule has 0 amide bonds. The Balaban J connectivity index is 3.68. The van der Waals surface area contributed by atoms with Crippen LogP contribution in [0.25, 0.3) is 0 Å². The molecule has 98 valence electrons. The van der Waals surface area contributed by atoms with Crippen molar-refractivity contribution in [2.75, 3.05) is 13.2 Å². The smallest absolute Gasteiger partial charge is 0.417 e. The van der Waals surface area contributed by atoms with E-state index in [-0.39, 0.29) is 13.2 Å². The van der Waals surface area contributed by atoms with E-state index in [4.69, 9.17) is 4.74 Å². The van der Waals surface area contributed by atoms with Crippen LogP contribution in [0.2, 0.25) is 0 Å². The minimum absolute atomic E-state index is 0.185. The Bertz CT molecular complexity index is 258. The molecule has 0 aliphatic carbocycles. The Morgan fingerprint density at radius 3 is 2.41 bits per heavy atom. The first-order valence-corrected chi connectivity index (χ1v) is 6.12. The molecule has 0 rings (SSSR count). The van der Waals surface area contributed by atoms with Crippen molar-refractivity contribution in [2.45, 2.75) is 40.0 Å². The standard InChI is InChI=1S/C13H22O4/c1-4-6-7-8-11(3)9-10-17-13(15)12(14)16-5-2/h7-8,11H,4-6,9-10H2,1-3H3. The van der Waals surface area contributed by atoms with E-state index in [2.05, 4.69) is 23.8 Å². The maximum absolute atomic E-state index is 11.1. The average Bonchev–Trinajstić information content (AvgIpc) is 2.29. The summed E-state index contributed by atoms with van der Waals surface area (Å²) in [6.45, 7) is 6.24. The number of carbonyl (C=O) groups excluding carboxylic acids is 2. The molecular weight excluding hydrogens is 220 g/mol. The molecule has 0 spiro atoms. The van der Waals surface area contributed by atoms with Crippen molar-refractivity contribution in [3.05, 3.63) is 12.2 Å². The summed E-state index contributed by atoms with van der Waals surface area (Å²) in [6.07, 6.45) is 7.12. The van der Waals surface area contributed by atoms with Gasteiger partial charge >= 0.3 is 11.9 Å². The van der Waals surface area contributed by atoms with Crippen molar-refractivity contribution < 1.29 is 19.1 Å². The Labute approximate surface area is 103 Å². The highest BCUT2D eigenvalue weighted by Crippen LogP contribution is 2.05. The Kier molecular flexibility index (Phi) is 9.11. The van der Waals surface area contributed by atoms with Crippen molar-refractivity contribution in [1.29, 1.82) is 0 Å². The second kappa shape index (κ2) is 9.87. The van der Waals surface area contributed by atoms with E-state index in [1.165, 1.54) is 0 Å². The predicted octanol–water partition coefficient (Wildman–Crippen LogP) is 2.48. The SMILES string of the molecule is CCCC=CC(C)CCOC(=O)C(=O)OCC. The van der Waals surface area contributed by atoms with Gasteiger partial charge in [-0.05, 0) is 25.7 Å². The topological polar surface area (TPSA) is 52.6 Å². The fourth-order valence-corrected chi connectivity index (χ4v) is 1.18. The van der Waals surface area contributed by atoms with Crippen molar-refractivity contribution in [1.82, 2.24) is 0 Å². The minimum Gasteiger partial charge on any atom is -0.458 e.